The van der Waals surface area contributed by atoms with Crippen molar-refractivity contribution >= 4 is 0 Å². The van der Waals surface area contributed by atoms with Crippen LogP contribution in [0.2, 0.25) is 0 Å². The van der Waals surface area contributed by atoms with E-state index in [1.807, 2.05) is 0 Å². The molecule has 4 atom stereocenters. The molecule has 0 radical (unpaired) electrons. The average molecular weight is 166 g/mol. The highest BCUT2D eigenvalue weighted by Gasteiger charge is 2.27. The van der Waals surface area contributed by atoms with Gasteiger partial charge in [0.15, 0.2) is 0 Å². The molecule has 0 unspecified atom stereocenters. The van der Waals surface area contributed by atoms with Gasteiger partial charge in [-0.05, 0) is 6.92 Å². The van der Waals surface area contributed by atoms with E-state index >= 15 is 0 Å². The summed E-state index contributed by atoms with van der Waals surface area (Å²) < 4.78 is 0. The van der Waals surface area contributed by atoms with Crippen LogP contribution in [0.15, 0.2) is 0 Å². The lowest BCUT2D eigenvalue weighted by atomic mass is 10.1. The maximum Gasteiger partial charge on any atom is 0.110 e. The fraction of sp³-hybridized carbons (Fsp3) is 1.00. The van der Waals surface area contributed by atoms with Crippen molar-refractivity contribution in [3.63, 3.8) is 0 Å². The average Bonchev–Trinajstić information content (AvgIpc) is 2.00. The Labute approximate surface area is 64.5 Å². The van der Waals surface area contributed by atoms with Crippen LogP contribution in [0, 0.1) is 0 Å². The summed E-state index contributed by atoms with van der Waals surface area (Å²) in [6.07, 6.45) is -5.50. The molecule has 0 aromatic rings. The molecule has 0 aromatic carbocycles. The van der Waals surface area contributed by atoms with E-state index in [0.29, 0.717) is 0 Å². The molecule has 0 fully saturated rings. The van der Waals surface area contributed by atoms with Gasteiger partial charge in [-0.15, -0.1) is 0 Å². The molecule has 5 heteroatoms. The first-order valence-electron chi connectivity index (χ1n) is 3.33. The number of hydrogen-bond donors (Lipinski definition) is 5. The second kappa shape index (κ2) is 4.63. The number of rotatable bonds is 4. The van der Waals surface area contributed by atoms with E-state index < -0.39 is 31.0 Å². The summed E-state index contributed by atoms with van der Waals surface area (Å²) in [5.41, 5.74) is 0. The van der Waals surface area contributed by atoms with Gasteiger partial charge in [-0.1, -0.05) is 0 Å². The first-order chi connectivity index (χ1) is 5.00. The molecule has 0 aliphatic heterocycles. The zero-order chi connectivity index (χ0) is 9.02. The van der Waals surface area contributed by atoms with Crippen molar-refractivity contribution in [3.05, 3.63) is 0 Å². The van der Waals surface area contributed by atoms with E-state index in [1.165, 1.54) is 6.92 Å². The van der Waals surface area contributed by atoms with E-state index in [-0.39, 0.29) is 0 Å². The maximum atomic E-state index is 8.94. The lowest BCUT2D eigenvalue weighted by Crippen LogP contribution is -2.44. The van der Waals surface area contributed by atoms with Crippen LogP contribution in [0.4, 0.5) is 0 Å². The molecule has 0 saturated carbocycles. The Balaban J connectivity index is 3.90. The predicted molar refractivity (Wildman–Crippen MR) is 36.8 cm³/mol. The topological polar surface area (TPSA) is 101 Å². The lowest BCUT2D eigenvalue weighted by Gasteiger charge is -2.23. The highest BCUT2D eigenvalue weighted by atomic mass is 16.4. The smallest absolute Gasteiger partial charge is 0.110 e. The van der Waals surface area contributed by atoms with Gasteiger partial charge in [-0.2, -0.15) is 0 Å². The Morgan fingerprint density at radius 2 is 1.45 bits per heavy atom. The van der Waals surface area contributed by atoms with Crippen molar-refractivity contribution in [2.24, 2.45) is 0 Å². The molecule has 0 saturated heterocycles. The molecular formula is C6H14O5. The van der Waals surface area contributed by atoms with Crippen molar-refractivity contribution in [2.75, 3.05) is 6.61 Å². The van der Waals surface area contributed by atoms with Crippen LogP contribution >= 0.6 is 0 Å². The van der Waals surface area contributed by atoms with Gasteiger partial charge in [0.05, 0.1) is 12.7 Å². The van der Waals surface area contributed by atoms with E-state index in [0.717, 1.165) is 0 Å². The summed E-state index contributed by atoms with van der Waals surface area (Å²) in [6, 6.07) is 0. The molecule has 0 bridgehead atoms. The van der Waals surface area contributed by atoms with Crippen LogP contribution in [-0.2, 0) is 0 Å². The fourth-order valence-electron chi connectivity index (χ4n) is 0.621. The molecule has 0 aliphatic carbocycles. The molecule has 11 heavy (non-hydrogen) atoms. The summed E-state index contributed by atoms with van der Waals surface area (Å²) >= 11 is 0. The van der Waals surface area contributed by atoms with E-state index in [1.54, 1.807) is 0 Å². The van der Waals surface area contributed by atoms with Crippen molar-refractivity contribution in [1.82, 2.24) is 0 Å². The molecule has 5 N–H and O–H groups in total. The first-order valence-corrected chi connectivity index (χ1v) is 3.33. The SMILES string of the molecule is C[C@H](O)[C@@H](O)[C@@H](O)[C@@H](O)CO. The Morgan fingerprint density at radius 3 is 1.73 bits per heavy atom. The summed E-state index contributed by atoms with van der Waals surface area (Å²) in [6.45, 7) is 0.628. The number of aliphatic hydroxyl groups excluding tert-OH is 5. The second-order valence-corrected chi connectivity index (χ2v) is 2.47. The van der Waals surface area contributed by atoms with Crippen molar-refractivity contribution in [1.29, 1.82) is 0 Å². The van der Waals surface area contributed by atoms with Gasteiger partial charge in [0, 0.05) is 0 Å². The van der Waals surface area contributed by atoms with Gasteiger partial charge in [0.2, 0.25) is 0 Å². The van der Waals surface area contributed by atoms with Crippen molar-refractivity contribution in [3.8, 4) is 0 Å². The van der Waals surface area contributed by atoms with E-state index in [4.69, 9.17) is 25.5 Å². The second-order valence-electron chi connectivity index (χ2n) is 2.47. The van der Waals surface area contributed by atoms with Gasteiger partial charge in [-0.25, -0.2) is 0 Å². The summed E-state index contributed by atoms with van der Waals surface area (Å²) in [5, 5.41) is 43.7. The minimum atomic E-state index is -1.51. The molecule has 0 aromatic heterocycles. The quantitative estimate of drug-likeness (QED) is 0.316. The predicted octanol–water partition coefficient (Wildman–Crippen LogP) is -2.56. The molecule has 0 heterocycles. The molecular weight excluding hydrogens is 152 g/mol. The molecule has 5 nitrogen and oxygen atoms in total. The van der Waals surface area contributed by atoms with Crippen molar-refractivity contribution in [2.45, 2.75) is 31.3 Å². The Kier molecular flexibility index (Phi) is 4.55. The number of hydrogen-bond acceptors (Lipinski definition) is 5. The van der Waals surface area contributed by atoms with Crippen LogP contribution in [0.3, 0.4) is 0 Å². The van der Waals surface area contributed by atoms with Crippen LogP contribution in [0.25, 0.3) is 0 Å². The summed E-state index contributed by atoms with van der Waals surface area (Å²) in [7, 11) is 0. The van der Waals surface area contributed by atoms with E-state index in [9.17, 15) is 0 Å². The lowest BCUT2D eigenvalue weighted by molar-refractivity contribution is -0.110. The molecule has 0 aliphatic rings. The highest BCUT2D eigenvalue weighted by molar-refractivity contribution is 4.77. The third kappa shape index (κ3) is 3.13. The monoisotopic (exact) mass is 166 g/mol. The zero-order valence-electron chi connectivity index (χ0n) is 6.25. The normalized spacial score (nSPS) is 22.4. The Hall–Kier alpha value is -0.200. The zero-order valence-corrected chi connectivity index (χ0v) is 6.25. The molecule has 0 amide bonds. The van der Waals surface area contributed by atoms with Crippen molar-refractivity contribution < 1.29 is 25.5 Å². The highest BCUT2D eigenvalue weighted by Crippen LogP contribution is 2.03. The van der Waals surface area contributed by atoms with Crippen LogP contribution < -0.4 is 0 Å². The van der Waals surface area contributed by atoms with Crippen LogP contribution in [-0.4, -0.2) is 56.6 Å². The van der Waals surface area contributed by atoms with Crippen LogP contribution in [0.1, 0.15) is 6.92 Å². The Morgan fingerprint density at radius 1 is 1.00 bits per heavy atom. The molecule has 68 valence electrons. The van der Waals surface area contributed by atoms with E-state index in [2.05, 4.69) is 0 Å². The third-order valence-electron chi connectivity index (χ3n) is 1.43. The first kappa shape index (κ1) is 10.8. The van der Waals surface area contributed by atoms with Crippen LogP contribution in [0.5, 0.6) is 0 Å². The standard InChI is InChI=1S/C6H14O5/c1-3(8)5(10)6(11)4(9)2-7/h3-11H,2H2,1H3/t3-,4-,5+,6-/m0/s1. The molecule has 0 rings (SSSR count). The number of aliphatic hydroxyl groups is 5. The third-order valence-corrected chi connectivity index (χ3v) is 1.43. The van der Waals surface area contributed by atoms with Gasteiger partial charge in [-0.3, -0.25) is 0 Å². The van der Waals surface area contributed by atoms with Gasteiger partial charge < -0.3 is 25.5 Å². The fourth-order valence-corrected chi connectivity index (χ4v) is 0.621. The summed E-state index contributed by atoms with van der Waals surface area (Å²) in [5.74, 6) is 0. The Bertz CT molecular complexity index is 105. The minimum Gasteiger partial charge on any atom is -0.394 e. The maximum absolute atomic E-state index is 8.94. The van der Waals surface area contributed by atoms with Gasteiger partial charge in [0.25, 0.3) is 0 Å². The molecule has 0 spiro atoms. The largest absolute Gasteiger partial charge is 0.394 e. The van der Waals surface area contributed by atoms with Gasteiger partial charge in [0.1, 0.15) is 18.3 Å². The minimum absolute atomic E-state index is 0.648. The summed E-state index contributed by atoms with van der Waals surface area (Å²) in [4.78, 5) is 0. The van der Waals surface area contributed by atoms with Gasteiger partial charge >= 0.3 is 0 Å².